The molecule has 1 aromatic rings. The Balaban J connectivity index is 2.51. The molecule has 0 fully saturated rings. The summed E-state index contributed by atoms with van der Waals surface area (Å²) in [6.07, 6.45) is 2.97. The lowest BCUT2D eigenvalue weighted by Crippen LogP contribution is -2.11. The number of hydrogen-bond acceptors (Lipinski definition) is 4. The highest BCUT2D eigenvalue weighted by Crippen LogP contribution is 2.27. The maximum Gasteiger partial charge on any atom is 0.288 e. The van der Waals surface area contributed by atoms with Gasteiger partial charge in [-0.3, -0.25) is 14.9 Å². The zero-order valence-corrected chi connectivity index (χ0v) is 11.2. The van der Waals surface area contributed by atoms with Crippen LogP contribution in [0.4, 0.5) is 11.4 Å². The van der Waals surface area contributed by atoms with Crippen molar-refractivity contribution in [1.82, 2.24) is 0 Å². The van der Waals surface area contributed by atoms with Gasteiger partial charge in [-0.15, -0.1) is 0 Å². The number of benzene rings is 1. The summed E-state index contributed by atoms with van der Waals surface area (Å²) >= 11 is 5.75. The molecule has 0 bridgehead atoms. The third kappa shape index (κ3) is 5.23. The first-order valence-electron chi connectivity index (χ1n) is 5.98. The molecule has 1 amide bonds. The van der Waals surface area contributed by atoms with Gasteiger partial charge in [0.2, 0.25) is 5.91 Å². The highest BCUT2D eigenvalue weighted by Gasteiger charge is 2.12. The molecule has 19 heavy (non-hydrogen) atoms. The average Bonchev–Trinajstić information content (AvgIpc) is 2.34. The number of nitrogens with zero attached hydrogens (tertiary/aromatic N) is 1. The molecule has 0 saturated carbocycles. The Hall–Kier alpha value is -1.66. The van der Waals surface area contributed by atoms with E-state index in [0.29, 0.717) is 18.7 Å². The fourth-order valence-corrected chi connectivity index (χ4v) is 1.81. The Morgan fingerprint density at radius 2 is 2.11 bits per heavy atom. The first-order valence-corrected chi connectivity index (χ1v) is 6.36. The molecule has 0 spiro atoms. The lowest BCUT2D eigenvalue weighted by atomic mass is 10.2. The Morgan fingerprint density at radius 3 is 2.68 bits per heavy atom. The fraction of sp³-hybridized carbons (Fsp3) is 0.417. The van der Waals surface area contributed by atoms with Crippen molar-refractivity contribution in [2.45, 2.75) is 25.7 Å². The van der Waals surface area contributed by atoms with Crippen LogP contribution in [0.15, 0.2) is 18.2 Å². The van der Waals surface area contributed by atoms with Gasteiger partial charge in [-0.05, 0) is 31.5 Å². The van der Waals surface area contributed by atoms with Crippen LogP contribution in [-0.2, 0) is 4.79 Å². The van der Waals surface area contributed by atoms with Crippen LogP contribution in [0.2, 0.25) is 5.02 Å². The number of unbranched alkanes of at least 4 members (excludes halogenated alkanes) is 2. The molecule has 0 aliphatic carbocycles. The highest BCUT2D eigenvalue weighted by atomic mass is 35.5. The molecular weight excluding hydrogens is 270 g/mol. The van der Waals surface area contributed by atoms with E-state index in [1.165, 1.54) is 18.2 Å². The largest absolute Gasteiger partial charge is 0.330 e. The zero-order valence-electron chi connectivity index (χ0n) is 10.4. The molecule has 1 rings (SSSR count). The number of amides is 1. The number of nitrogens with two attached hydrogens (primary N) is 1. The lowest BCUT2D eigenvalue weighted by molar-refractivity contribution is -0.384. The maximum atomic E-state index is 11.6. The summed E-state index contributed by atoms with van der Waals surface area (Å²) < 4.78 is 0. The number of rotatable bonds is 7. The van der Waals surface area contributed by atoms with E-state index in [1.54, 1.807) is 0 Å². The third-order valence-corrected chi connectivity index (χ3v) is 2.84. The molecule has 1 aromatic carbocycles. The van der Waals surface area contributed by atoms with Gasteiger partial charge in [0.05, 0.1) is 4.92 Å². The zero-order chi connectivity index (χ0) is 14.3. The van der Waals surface area contributed by atoms with E-state index >= 15 is 0 Å². The van der Waals surface area contributed by atoms with Gasteiger partial charge in [0, 0.05) is 18.2 Å². The minimum absolute atomic E-state index is 0.00549. The van der Waals surface area contributed by atoms with Crippen molar-refractivity contribution in [3.63, 3.8) is 0 Å². The fourth-order valence-electron chi connectivity index (χ4n) is 1.56. The average molecular weight is 286 g/mol. The molecular formula is C12H16ClN3O3. The van der Waals surface area contributed by atoms with E-state index in [9.17, 15) is 14.9 Å². The van der Waals surface area contributed by atoms with E-state index in [1.807, 2.05) is 0 Å². The molecule has 0 heterocycles. The summed E-state index contributed by atoms with van der Waals surface area (Å²) in [5.41, 5.74) is 5.63. The van der Waals surface area contributed by atoms with Crippen LogP contribution in [-0.4, -0.2) is 17.4 Å². The van der Waals surface area contributed by atoms with Gasteiger partial charge in [-0.2, -0.15) is 0 Å². The van der Waals surface area contributed by atoms with E-state index in [2.05, 4.69) is 5.32 Å². The molecule has 0 saturated heterocycles. The van der Waals surface area contributed by atoms with E-state index < -0.39 is 4.92 Å². The normalized spacial score (nSPS) is 10.2. The van der Waals surface area contributed by atoms with Crippen molar-refractivity contribution in [3.05, 3.63) is 33.3 Å². The number of hydrogen-bond donors (Lipinski definition) is 2. The van der Waals surface area contributed by atoms with Crippen molar-refractivity contribution >= 4 is 28.9 Å². The quantitative estimate of drug-likeness (QED) is 0.457. The number of nitrogens with one attached hydrogen (secondary N) is 1. The third-order valence-electron chi connectivity index (χ3n) is 2.54. The van der Waals surface area contributed by atoms with Gasteiger partial charge in [0.25, 0.3) is 5.69 Å². The summed E-state index contributed by atoms with van der Waals surface area (Å²) in [5.74, 6) is -0.137. The predicted octanol–water partition coefficient (Wildman–Crippen LogP) is 2.71. The molecule has 0 aliphatic rings. The SMILES string of the molecule is NCCCCCC(=O)Nc1ccc([N+](=O)[O-])c(Cl)c1. The van der Waals surface area contributed by atoms with Gasteiger partial charge in [0.15, 0.2) is 0 Å². The van der Waals surface area contributed by atoms with Crippen LogP contribution in [0.1, 0.15) is 25.7 Å². The van der Waals surface area contributed by atoms with Crippen LogP contribution in [0.5, 0.6) is 0 Å². The molecule has 0 radical (unpaired) electrons. The summed E-state index contributed by atoms with van der Waals surface area (Å²) in [4.78, 5) is 21.6. The van der Waals surface area contributed by atoms with Crippen LogP contribution in [0.3, 0.4) is 0 Å². The second kappa shape index (κ2) is 7.70. The molecule has 104 valence electrons. The monoisotopic (exact) mass is 285 g/mol. The second-order valence-electron chi connectivity index (χ2n) is 4.07. The summed E-state index contributed by atoms with van der Waals surface area (Å²) in [6, 6.07) is 4.10. The molecule has 0 atom stereocenters. The molecule has 0 aliphatic heterocycles. The summed E-state index contributed by atoms with van der Waals surface area (Å²) in [5, 5.41) is 13.2. The van der Waals surface area contributed by atoms with Gasteiger partial charge in [-0.25, -0.2) is 0 Å². The number of carbonyl (C=O) groups excluding carboxylic acids is 1. The number of nitro benzene ring substituents is 1. The second-order valence-corrected chi connectivity index (χ2v) is 4.48. The van der Waals surface area contributed by atoms with Gasteiger partial charge < -0.3 is 11.1 Å². The molecule has 6 nitrogen and oxygen atoms in total. The van der Waals surface area contributed by atoms with E-state index in [-0.39, 0.29) is 16.6 Å². The lowest BCUT2D eigenvalue weighted by Gasteiger charge is -2.05. The van der Waals surface area contributed by atoms with Gasteiger partial charge in [0.1, 0.15) is 5.02 Å². The maximum absolute atomic E-state index is 11.6. The predicted molar refractivity (Wildman–Crippen MR) is 74.3 cm³/mol. The van der Waals surface area contributed by atoms with Gasteiger partial charge in [-0.1, -0.05) is 18.0 Å². The number of halogens is 1. The first-order chi connectivity index (χ1) is 9.04. The molecule has 0 unspecified atom stereocenters. The minimum atomic E-state index is -0.569. The Bertz CT molecular complexity index is 466. The topological polar surface area (TPSA) is 98.3 Å². The highest BCUT2D eigenvalue weighted by molar-refractivity contribution is 6.33. The molecule has 7 heteroatoms. The first kappa shape index (κ1) is 15.4. The smallest absolute Gasteiger partial charge is 0.288 e. The summed E-state index contributed by atoms with van der Waals surface area (Å²) in [6.45, 7) is 0.625. The Morgan fingerprint density at radius 1 is 1.37 bits per heavy atom. The summed E-state index contributed by atoms with van der Waals surface area (Å²) in [7, 11) is 0. The van der Waals surface area contributed by atoms with Crippen molar-refractivity contribution < 1.29 is 9.72 Å². The van der Waals surface area contributed by atoms with Crippen molar-refractivity contribution in [3.8, 4) is 0 Å². The van der Waals surface area contributed by atoms with Crippen molar-refractivity contribution in [2.75, 3.05) is 11.9 Å². The van der Waals surface area contributed by atoms with E-state index in [4.69, 9.17) is 17.3 Å². The van der Waals surface area contributed by atoms with Crippen LogP contribution in [0.25, 0.3) is 0 Å². The van der Waals surface area contributed by atoms with Crippen molar-refractivity contribution in [2.24, 2.45) is 5.73 Å². The molecule has 3 N–H and O–H groups in total. The number of anilines is 1. The molecule has 0 aromatic heterocycles. The Kier molecular flexibility index (Phi) is 6.24. The van der Waals surface area contributed by atoms with E-state index in [0.717, 1.165) is 19.3 Å². The van der Waals surface area contributed by atoms with Crippen LogP contribution < -0.4 is 11.1 Å². The standard InChI is InChI=1S/C12H16ClN3O3/c13-10-8-9(5-6-11(10)16(18)19)15-12(17)4-2-1-3-7-14/h5-6,8H,1-4,7,14H2,(H,15,17). The number of nitro groups is 1. The van der Waals surface area contributed by atoms with Crippen molar-refractivity contribution in [1.29, 1.82) is 0 Å². The van der Waals surface area contributed by atoms with Crippen LogP contribution >= 0.6 is 11.6 Å². The van der Waals surface area contributed by atoms with Crippen LogP contribution in [0, 0.1) is 10.1 Å². The number of carbonyl (C=O) groups is 1. The Labute approximate surface area is 116 Å². The minimum Gasteiger partial charge on any atom is -0.330 e. The van der Waals surface area contributed by atoms with Gasteiger partial charge >= 0.3 is 0 Å².